The minimum absolute atomic E-state index is 0.0630. The van der Waals surface area contributed by atoms with Crippen molar-refractivity contribution in [1.82, 2.24) is 4.98 Å². The van der Waals surface area contributed by atoms with E-state index in [2.05, 4.69) is 4.98 Å². The molecule has 1 aromatic rings. The fourth-order valence-corrected chi connectivity index (χ4v) is 2.36. The van der Waals surface area contributed by atoms with Gasteiger partial charge in [-0.2, -0.15) is 13.2 Å². The molecule has 16 heavy (non-hydrogen) atoms. The molecule has 92 valence electrons. The van der Waals surface area contributed by atoms with E-state index in [1.165, 1.54) is 6.92 Å². The van der Waals surface area contributed by atoms with Crippen LogP contribution >= 0.6 is 11.3 Å². The quantitative estimate of drug-likeness (QED) is 0.895. The predicted molar refractivity (Wildman–Crippen MR) is 56.4 cm³/mol. The first kappa shape index (κ1) is 13.4. The van der Waals surface area contributed by atoms with Crippen molar-refractivity contribution in [2.45, 2.75) is 44.9 Å². The second-order valence-corrected chi connectivity index (χ2v) is 4.99. The van der Waals surface area contributed by atoms with E-state index >= 15 is 0 Å². The zero-order chi connectivity index (χ0) is 12.6. The lowest BCUT2D eigenvalue weighted by molar-refractivity contribution is -0.266. The molecule has 0 fully saturated rings. The number of rotatable bonds is 3. The van der Waals surface area contributed by atoms with Gasteiger partial charge in [-0.3, -0.25) is 0 Å². The average molecular weight is 253 g/mol. The van der Waals surface area contributed by atoms with Crippen molar-refractivity contribution in [1.29, 1.82) is 0 Å². The maximum absolute atomic E-state index is 12.7. The standard InChI is InChI=1S/C10H14F3NOS/c1-4-9(15,10(11,12)13)7-5-14-8(16-7)6(2)3/h5-6,15H,4H2,1-3H3. The summed E-state index contributed by atoms with van der Waals surface area (Å²) in [6.45, 7) is 5.00. The second-order valence-electron chi connectivity index (χ2n) is 3.93. The molecule has 0 saturated carbocycles. The van der Waals surface area contributed by atoms with Crippen molar-refractivity contribution in [3.05, 3.63) is 16.1 Å². The zero-order valence-electron chi connectivity index (χ0n) is 9.30. The van der Waals surface area contributed by atoms with E-state index < -0.39 is 18.2 Å². The molecule has 1 N–H and O–H groups in total. The van der Waals surface area contributed by atoms with E-state index in [4.69, 9.17) is 0 Å². The van der Waals surface area contributed by atoms with E-state index in [1.54, 1.807) is 0 Å². The number of aliphatic hydroxyl groups is 1. The number of aromatic nitrogens is 1. The van der Waals surface area contributed by atoms with E-state index in [1.807, 2.05) is 13.8 Å². The smallest absolute Gasteiger partial charge is 0.376 e. The van der Waals surface area contributed by atoms with E-state index in [0.29, 0.717) is 5.01 Å². The Labute approximate surface area is 96.1 Å². The molecule has 0 radical (unpaired) electrons. The van der Waals surface area contributed by atoms with Crippen LogP contribution in [0.15, 0.2) is 6.20 Å². The Kier molecular flexibility index (Phi) is 3.64. The molecule has 0 bridgehead atoms. The van der Waals surface area contributed by atoms with Gasteiger partial charge in [-0.25, -0.2) is 4.98 Å². The molecule has 0 amide bonds. The molecule has 0 aromatic carbocycles. The van der Waals surface area contributed by atoms with Crippen molar-refractivity contribution in [3.63, 3.8) is 0 Å². The number of halogens is 3. The van der Waals surface area contributed by atoms with Gasteiger partial charge in [-0.15, -0.1) is 11.3 Å². The van der Waals surface area contributed by atoms with E-state index in [9.17, 15) is 18.3 Å². The van der Waals surface area contributed by atoms with Crippen LogP contribution < -0.4 is 0 Å². The number of alkyl halides is 3. The van der Waals surface area contributed by atoms with E-state index in [0.717, 1.165) is 17.5 Å². The summed E-state index contributed by atoms with van der Waals surface area (Å²) in [5.74, 6) is 0.0630. The van der Waals surface area contributed by atoms with Gasteiger partial charge in [0.25, 0.3) is 0 Å². The summed E-state index contributed by atoms with van der Waals surface area (Å²) < 4.78 is 38.2. The van der Waals surface area contributed by atoms with Crippen LogP contribution in [0.3, 0.4) is 0 Å². The first-order chi connectivity index (χ1) is 7.22. The molecule has 0 aliphatic heterocycles. The first-order valence-corrected chi connectivity index (χ1v) is 5.79. The van der Waals surface area contributed by atoms with Gasteiger partial charge in [-0.05, 0) is 6.42 Å². The molecule has 1 heterocycles. The van der Waals surface area contributed by atoms with Crippen molar-refractivity contribution in [3.8, 4) is 0 Å². The Hall–Kier alpha value is -0.620. The third-order valence-corrected chi connectivity index (χ3v) is 3.85. The van der Waals surface area contributed by atoms with Gasteiger partial charge in [0.15, 0.2) is 5.60 Å². The Bertz CT molecular complexity index is 361. The summed E-state index contributed by atoms with van der Waals surface area (Å²) in [6.07, 6.45) is -3.95. The molecule has 1 unspecified atom stereocenters. The minimum atomic E-state index is -4.66. The lowest BCUT2D eigenvalue weighted by Gasteiger charge is -2.27. The highest BCUT2D eigenvalue weighted by molar-refractivity contribution is 7.11. The maximum atomic E-state index is 12.7. The van der Waals surface area contributed by atoms with Crippen LogP contribution in [0.2, 0.25) is 0 Å². The fraction of sp³-hybridized carbons (Fsp3) is 0.700. The largest absolute Gasteiger partial charge is 0.422 e. The van der Waals surface area contributed by atoms with Gasteiger partial charge in [0.05, 0.1) is 9.88 Å². The van der Waals surface area contributed by atoms with E-state index in [-0.39, 0.29) is 10.8 Å². The monoisotopic (exact) mass is 253 g/mol. The Morgan fingerprint density at radius 2 is 2.00 bits per heavy atom. The van der Waals surface area contributed by atoms with Gasteiger partial charge in [0.1, 0.15) is 0 Å². The highest BCUT2D eigenvalue weighted by Gasteiger charge is 2.54. The van der Waals surface area contributed by atoms with Crippen molar-refractivity contribution in [2.75, 3.05) is 0 Å². The van der Waals surface area contributed by atoms with Crippen molar-refractivity contribution >= 4 is 11.3 Å². The van der Waals surface area contributed by atoms with Gasteiger partial charge < -0.3 is 5.11 Å². The molecule has 1 atom stereocenters. The summed E-state index contributed by atoms with van der Waals surface area (Å²) in [7, 11) is 0. The third kappa shape index (κ3) is 2.22. The molecule has 6 heteroatoms. The Morgan fingerprint density at radius 1 is 1.44 bits per heavy atom. The van der Waals surface area contributed by atoms with Gasteiger partial charge >= 0.3 is 6.18 Å². The SMILES string of the molecule is CCC(O)(c1cnc(C(C)C)s1)C(F)(F)F. The van der Waals surface area contributed by atoms with Crippen LogP contribution in [0.25, 0.3) is 0 Å². The summed E-state index contributed by atoms with van der Waals surface area (Å²) in [4.78, 5) is 3.77. The average Bonchev–Trinajstić information content (AvgIpc) is 2.63. The number of thiazole rings is 1. The summed E-state index contributed by atoms with van der Waals surface area (Å²) >= 11 is 0.918. The lowest BCUT2D eigenvalue weighted by atomic mass is 9.99. The lowest BCUT2D eigenvalue weighted by Crippen LogP contribution is -2.40. The van der Waals surface area contributed by atoms with Gasteiger partial charge in [-0.1, -0.05) is 20.8 Å². The minimum Gasteiger partial charge on any atom is -0.376 e. The second kappa shape index (κ2) is 4.33. The van der Waals surface area contributed by atoms with Crippen LogP contribution in [0.5, 0.6) is 0 Å². The molecule has 2 nitrogen and oxygen atoms in total. The van der Waals surface area contributed by atoms with Crippen molar-refractivity contribution in [2.24, 2.45) is 0 Å². The predicted octanol–water partition coefficient (Wildman–Crippen LogP) is 3.43. The number of hydrogen-bond acceptors (Lipinski definition) is 3. The normalized spacial score (nSPS) is 16.5. The van der Waals surface area contributed by atoms with Crippen LogP contribution in [-0.2, 0) is 5.60 Å². The van der Waals surface area contributed by atoms with Gasteiger partial charge in [0.2, 0.25) is 0 Å². The fourth-order valence-electron chi connectivity index (χ4n) is 1.26. The summed E-state index contributed by atoms with van der Waals surface area (Å²) in [6, 6.07) is 0. The van der Waals surface area contributed by atoms with Crippen LogP contribution in [0.1, 0.15) is 43.0 Å². The molecule has 0 aliphatic carbocycles. The topological polar surface area (TPSA) is 33.1 Å². The summed E-state index contributed by atoms with van der Waals surface area (Å²) in [5.41, 5.74) is -2.77. The highest BCUT2D eigenvalue weighted by Crippen LogP contribution is 2.44. The molecular weight excluding hydrogens is 239 g/mol. The number of nitrogens with zero attached hydrogens (tertiary/aromatic N) is 1. The first-order valence-electron chi connectivity index (χ1n) is 4.97. The van der Waals surface area contributed by atoms with Crippen LogP contribution in [0, 0.1) is 0 Å². The molecule has 0 spiro atoms. The molecule has 0 saturated heterocycles. The Morgan fingerprint density at radius 3 is 2.31 bits per heavy atom. The molecular formula is C10H14F3NOS. The highest BCUT2D eigenvalue weighted by atomic mass is 32.1. The molecule has 1 rings (SSSR count). The van der Waals surface area contributed by atoms with Crippen LogP contribution in [0.4, 0.5) is 13.2 Å². The summed E-state index contributed by atoms with van der Waals surface area (Å²) in [5, 5.41) is 10.3. The van der Waals surface area contributed by atoms with Crippen molar-refractivity contribution < 1.29 is 18.3 Å². The molecule has 0 aliphatic rings. The zero-order valence-corrected chi connectivity index (χ0v) is 10.1. The maximum Gasteiger partial charge on any atom is 0.422 e. The third-order valence-electron chi connectivity index (χ3n) is 2.41. The van der Waals surface area contributed by atoms with Gasteiger partial charge in [0, 0.05) is 12.1 Å². The number of hydrogen-bond donors (Lipinski definition) is 1. The molecule has 1 aromatic heterocycles. The Balaban J connectivity index is 3.14. The van der Waals surface area contributed by atoms with Crippen LogP contribution in [-0.4, -0.2) is 16.3 Å².